The van der Waals surface area contributed by atoms with Crippen molar-refractivity contribution in [2.24, 2.45) is 0 Å². The molecule has 12 aromatic rings. The minimum absolute atomic E-state index is 0.0768. The minimum Gasteiger partial charge on any atom is -0.310 e. The van der Waals surface area contributed by atoms with Gasteiger partial charge in [0, 0.05) is 50.2 Å². The van der Waals surface area contributed by atoms with E-state index in [1.165, 1.54) is 77.4 Å². The molecule has 2 aliphatic carbocycles. The standard InChI is InChI=1S/C76H62N3/c1-75(2)71-50-54(53-79(3,64-32-14-7-15-33-64)65-46-39-57(40-47-65)73-52-76(73,58-26-8-4-9-27-58)70-36-20-24-55-22-16-18-34-66(55)70)38-48-68(71)69-49-45-63(51-72(69)75)77(59-28-10-5-11-29-59)61-41-43-62(44-42-61)78(60-30-12-6-13-31-60)74-37-21-25-56-23-17-19-35-67(56)74/h4-51,73H,52-53H2,1-3H3/q+1. The van der Waals surface area contributed by atoms with Crippen LogP contribution < -0.4 is 14.3 Å². The fraction of sp³-hybridized carbons (Fsp3) is 0.105. The van der Waals surface area contributed by atoms with E-state index < -0.39 is 0 Å². The molecule has 12 aromatic carbocycles. The van der Waals surface area contributed by atoms with Crippen molar-refractivity contribution < 1.29 is 0 Å². The van der Waals surface area contributed by atoms with Gasteiger partial charge in [0.15, 0.2) is 0 Å². The SMILES string of the molecule is CC1(C)c2cc(C[N+](C)(c3ccccc3)c3ccc(C4CC4(c4ccccc4)c4cccc5ccccc45)cc3)ccc2-c2ccc(N(c3ccccc3)c3ccc(N(c4ccccc4)c4cccc5ccccc45)cc3)cc21. The van der Waals surface area contributed by atoms with Gasteiger partial charge in [-0.25, -0.2) is 0 Å². The summed E-state index contributed by atoms with van der Waals surface area (Å²) < 4.78 is 0.644. The number of para-hydroxylation sites is 3. The molecule has 0 aromatic heterocycles. The van der Waals surface area contributed by atoms with Gasteiger partial charge in [0.25, 0.3) is 0 Å². The van der Waals surface area contributed by atoms with Gasteiger partial charge in [-0.05, 0) is 165 Å². The molecule has 3 unspecified atom stereocenters. The zero-order valence-corrected chi connectivity index (χ0v) is 45.0. The van der Waals surface area contributed by atoms with Gasteiger partial charge in [-0.1, -0.05) is 208 Å². The predicted molar refractivity (Wildman–Crippen MR) is 333 cm³/mol. The van der Waals surface area contributed by atoms with Gasteiger partial charge in [-0.2, -0.15) is 0 Å². The number of hydrogen-bond donors (Lipinski definition) is 0. The van der Waals surface area contributed by atoms with Gasteiger partial charge >= 0.3 is 0 Å². The fourth-order valence-electron chi connectivity index (χ4n) is 13.5. The maximum absolute atomic E-state index is 2.51. The quantitative estimate of drug-likeness (QED) is 0.106. The summed E-state index contributed by atoms with van der Waals surface area (Å²) in [6.07, 6.45) is 1.09. The molecule has 1 fully saturated rings. The molecule has 0 radical (unpaired) electrons. The Bertz CT molecular complexity index is 4160. The van der Waals surface area contributed by atoms with Crippen molar-refractivity contribution in [3.05, 3.63) is 325 Å². The van der Waals surface area contributed by atoms with Crippen LogP contribution in [-0.2, 0) is 17.4 Å². The molecule has 0 saturated heterocycles. The second-order valence-electron chi connectivity index (χ2n) is 22.5. The third-order valence-corrected chi connectivity index (χ3v) is 17.6. The summed E-state index contributed by atoms with van der Waals surface area (Å²) in [7, 11) is 2.39. The highest BCUT2D eigenvalue weighted by molar-refractivity contribution is 5.99. The maximum atomic E-state index is 2.51. The summed E-state index contributed by atoms with van der Waals surface area (Å²) in [5, 5.41) is 5.08. The molecule has 0 amide bonds. The molecule has 3 nitrogen and oxygen atoms in total. The van der Waals surface area contributed by atoms with Crippen LogP contribution in [0.25, 0.3) is 32.7 Å². The molecule has 380 valence electrons. The van der Waals surface area contributed by atoms with Crippen LogP contribution in [0.4, 0.5) is 45.5 Å². The predicted octanol–water partition coefficient (Wildman–Crippen LogP) is 20.2. The van der Waals surface area contributed by atoms with Gasteiger partial charge in [-0.3, -0.25) is 4.48 Å². The molecule has 2 aliphatic rings. The van der Waals surface area contributed by atoms with Gasteiger partial charge in [-0.15, -0.1) is 0 Å². The van der Waals surface area contributed by atoms with E-state index in [1.807, 2.05) is 0 Å². The van der Waals surface area contributed by atoms with Crippen LogP contribution in [0.3, 0.4) is 0 Å². The lowest BCUT2D eigenvalue weighted by Crippen LogP contribution is -2.38. The second kappa shape index (κ2) is 19.3. The van der Waals surface area contributed by atoms with Crippen LogP contribution >= 0.6 is 0 Å². The van der Waals surface area contributed by atoms with Crippen molar-refractivity contribution in [2.75, 3.05) is 16.8 Å². The molecule has 0 aliphatic heterocycles. The number of benzene rings is 12. The highest BCUT2D eigenvalue weighted by atomic mass is 15.3. The highest BCUT2D eigenvalue weighted by Crippen LogP contribution is 2.65. The van der Waals surface area contributed by atoms with Crippen molar-refractivity contribution in [1.82, 2.24) is 4.48 Å². The normalized spacial score (nSPS) is 16.7. The molecule has 0 heterocycles. The highest BCUT2D eigenvalue weighted by Gasteiger charge is 2.57. The van der Waals surface area contributed by atoms with E-state index in [2.05, 4.69) is 322 Å². The molecular formula is C76H62N3+. The molecule has 1 saturated carbocycles. The first kappa shape index (κ1) is 48.1. The molecule has 14 rings (SSSR count). The van der Waals surface area contributed by atoms with Crippen LogP contribution in [0.2, 0.25) is 0 Å². The monoisotopic (exact) mass is 1020 g/mol. The lowest BCUT2D eigenvalue weighted by Gasteiger charge is -2.34. The smallest absolute Gasteiger partial charge is 0.137 e. The number of quaternary nitrogens is 1. The first-order valence-electron chi connectivity index (χ1n) is 27.9. The number of nitrogens with zero attached hydrogens (tertiary/aromatic N) is 3. The van der Waals surface area contributed by atoms with Crippen LogP contribution in [-0.4, -0.2) is 7.05 Å². The first-order chi connectivity index (χ1) is 38.8. The Kier molecular flexibility index (Phi) is 11.8. The van der Waals surface area contributed by atoms with E-state index in [9.17, 15) is 0 Å². The molecule has 3 atom stereocenters. The number of anilines is 6. The zero-order chi connectivity index (χ0) is 53.1. The van der Waals surface area contributed by atoms with Crippen molar-refractivity contribution in [3.63, 3.8) is 0 Å². The fourth-order valence-corrected chi connectivity index (χ4v) is 13.5. The maximum Gasteiger partial charge on any atom is 0.137 e. The summed E-state index contributed by atoms with van der Waals surface area (Å²) in [6.45, 7) is 5.63. The van der Waals surface area contributed by atoms with Crippen molar-refractivity contribution >= 4 is 67.0 Å². The van der Waals surface area contributed by atoms with Gasteiger partial charge in [0.1, 0.15) is 17.9 Å². The first-order valence-corrected chi connectivity index (χ1v) is 27.9. The zero-order valence-electron chi connectivity index (χ0n) is 45.0. The minimum atomic E-state index is -0.241. The van der Waals surface area contributed by atoms with E-state index in [-0.39, 0.29) is 10.8 Å². The molecule has 0 spiro atoms. The molecule has 0 N–H and O–H groups in total. The molecular weight excluding hydrogens is 955 g/mol. The van der Waals surface area contributed by atoms with Crippen LogP contribution in [0, 0.1) is 0 Å². The van der Waals surface area contributed by atoms with E-state index in [0.29, 0.717) is 10.4 Å². The summed E-state index contributed by atoms with van der Waals surface area (Å²) in [5.41, 5.74) is 19.8. The number of fused-ring (bicyclic) bond motifs is 5. The van der Waals surface area contributed by atoms with Crippen molar-refractivity contribution in [1.29, 1.82) is 0 Å². The Morgan fingerprint density at radius 3 is 1.54 bits per heavy atom. The van der Waals surface area contributed by atoms with Crippen LogP contribution in [0.15, 0.2) is 291 Å². The number of rotatable bonds is 13. The Balaban J connectivity index is 0.782. The van der Waals surface area contributed by atoms with Gasteiger partial charge < -0.3 is 9.80 Å². The van der Waals surface area contributed by atoms with E-state index in [1.54, 1.807) is 0 Å². The molecule has 3 heteroatoms. The lowest BCUT2D eigenvalue weighted by atomic mass is 9.81. The lowest BCUT2D eigenvalue weighted by molar-refractivity contribution is 0.450. The molecule has 79 heavy (non-hydrogen) atoms. The van der Waals surface area contributed by atoms with Crippen molar-refractivity contribution in [2.45, 2.75) is 43.6 Å². The Morgan fingerprint density at radius 2 is 0.873 bits per heavy atom. The second-order valence-corrected chi connectivity index (χ2v) is 22.5. The summed E-state index contributed by atoms with van der Waals surface area (Å²) in [5.74, 6) is 0.379. The topological polar surface area (TPSA) is 6.48 Å². The van der Waals surface area contributed by atoms with E-state index in [0.717, 1.165) is 47.1 Å². The Morgan fingerprint density at radius 1 is 0.392 bits per heavy atom. The van der Waals surface area contributed by atoms with Crippen LogP contribution in [0.1, 0.15) is 59.6 Å². The van der Waals surface area contributed by atoms with E-state index >= 15 is 0 Å². The molecule has 0 bridgehead atoms. The summed E-state index contributed by atoms with van der Waals surface area (Å²) >= 11 is 0. The van der Waals surface area contributed by atoms with Crippen LogP contribution in [0.5, 0.6) is 0 Å². The summed E-state index contributed by atoms with van der Waals surface area (Å²) in [4.78, 5) is 4.78. The van der Waals surface area contributed by atoms with Gasteiger partial charge in [0.2, 0.25) is 0 Å². The Hall–Kier alpha value is -9.28. The largest absolute Gasteiger partial charge is 0.310 e. The number of hydrogen-bond acceptors (Lipinski definition) is 2. The van der Waals surface area contributed by atoms with Crippen molar-refractivity contribution in [3.8, 4) is 11.1 Å². The van der Waals surface area contributed by atoms with E-state index in [4.69, 9.17) is 0 Å². The van der Waals surface area contributed by atoms with Gasteiger partial charge in [0.05, 0.1) is 12.7 Å². The third kappa shape index (κ3) is 8.24. The summed E-state index contributed by atoms with van der Waals surface area (Å²) in [6, 6.07) is 108. The average Bonchev–Trinajstić information content (AvgIpc) is 4.38. The third-order valence-electron chi connectivity index (χ3n) is 17.6. The Labute approximate surface area is 465 Å². The average molecular weight is 1020 g/mol.